The van der Waals surface area contributed by atoms with Crippen LogP contribution in [-0.4, -0.2) is 64.2 Å². The van der Waals surface area contributed by atoms with Crippen molar-refractivity contribution >= 4 is 17.6 Å². The minimum absolute atomic E-state index is 0.0888. The smallest absolute Gasteiger partial charge is 0.407 e. The molecular formula is C22H21F3N4O4. The Morgan fingerprint density at radius 2 is 2.09 bits per heavy atom. The first-order valence-corrected chi connectivity index (χ1v) is 10.2. The van der Waals surface area contributed by atoms with E-state index in [1.54, 1.807) is 4.40 Å². The van der Waals surface area contributed by atoms with Crippen LogP contribution < -0.4 is 5.32 Å². The third-order valence-electron chi connectivity index (χ3n) is 5.54. The van der Waals surface area contributed by atoms with Gasteiger partial charge in [0.05, 0.1) is 30.6 Å². The number of carboxylic acid groups (broad SMARTS) is 1. The maximum absolute atomic E-state index is 15.0. The minimum Gasteiger partial charge on any atom is -0.465 e. The SMILES string of the molecule is CNC(=O)c1ccc(-c2nc3cc(C(F)F)ccn3c2CC2CN(C(=O)O)CCO2)c(F)c1. The zero-order chi connectivity index (χ0) is 23.7. The maximum Gasteiger partial charge on any atom is 0.407 e. The van der Waals surface area contributed by atoms with Crippen molar-refractivity contribution in [1.82, 2.24) is 19.6 Å². The highest BCUT2D eigenvalue weighted by Gasteiger charge is 2.28. The van der Waals surface area contributed by atoms with E-state index in [-0.39, 0.29) is 54.1 Å². The number of fused-ring (bicyclic) bond motifs is 1. The van der Waals surface area contributed by atoms with Gasteiger partial charge in [0, 0.05) is 42.9 Å². The van der Waals surface area contributed by atoms with Gasteiger partial charge in [-0.05, 0) is 30.3 Å². The molecule has 0 spiro atoms. The van der Waals surface area contributed by atoms with Crippen LogP contribution in [0.4, 0.5) is 18.0 Å². The van der Waals surface area contributed by atoms with Crippen molar-refractivity contribution in [2.45, 2.75) is 19.0 Å². The molecule has 2 amide bonds. The Bertz CT molecular complexity index is 1210. The van der Waals surface area contributed by atoms with Gasteiger partial charge in [-0.25, -0.2) is 22.9 Å². The molecule has 0 aliphatic carbocycles. The van der Waals surface area contributed by atoms with E-state index in [9.17, 15) is 23.5 Å². The van der Waals surface area contributed by atoms with Crippen molar-refractivity contribution in [2.75, 3.05) is 26.7 Å². The van der Waals surface area contributed by atoms with E-state index in [1.165, 1.54) is 42.4 Å². The van der Waals surface area contributed by atoms with Gasteiger partial charge in [-0.15, -0.1) is 0 Å². The maximum atomic E-state index is 15.0. The Hall–Kier alpha value is -3.60. The van der Waals surface area contributed by atoms with Crippen LogP contribution in [0.25, 0.3) is 16.9 Å². The van der Waals surface area contributed by atoms with Gasteiger partial charge in [-0.1, -0.05) is 0 Å². The zero-order valence-corrected chi connectivity index (χ0v) is 17.6. The first kappa shape index (κ1) is 22.6. The molecule has 0 radical (unpaired) electrons. The average molecular weight is 462 g/mol. The molecule has 1 atom stereocenters. The summed E-state index contributed by atoms with van der Waals surface area (Å²) in [6, 6.07) is 6.40. The standard InChI is InChI=1S/C22H21F3N4O4/c1-26-21(30)13-2-3-15(16(23)8-13)19-17(10-14-11-28(22(31)32)6-7-33-14)29-5-4-12(20(24)25)9-18(29)27-19/h2-5,8-9,14,20H,6-7,10-11H2,1H3,(H,26,30)(H,31,32). The third-order valence-corrected chi connectivity index (χ3v) is 5.54. The van der Waals surface area contributed by atoms with Crippen LogP contribution in [0.2, 0.25) is 0 Å². The lowest BCUT2D eigenvalue weighted by atomic mass is 10.0. The fourth-order valence-electron chi connectivity index (χ4n) is 3.88. The van der Waals surface area contributed by atoms with Crippen LogP contribution in [0.15, 0.2) is 36.5 Å². The number of morpholine rings is 1. The van der Waals surface area contributed by atoms with Crippen LogP contribution in [-0.2, 0) is 11.2 Å². The van der Waals surface area contributed by atoms with E-state index < -0.39 is 30.3 Å². The van der Waals surface area contributed by atoms with E-state index >= 15 is 4.39 Å². The molecule has 11 heteroatoms. The number of nitrogens with zero attached hydrogens (tertiary/aromatic N) is 3. The van der Waals surface area contributed by atoms with E-state index in [1.807, 2.05) is 0 Å². The van der Waals surface area contributed by atoms with Crippen LogP contribution in [0.3, 0.4) is 0 Å². The summed E-state index contributed by atoms with van der Waals surface area (Å²) in [5.41, 5.74) is 0.862. The molecule has 1 aliphatic rings. The summed E-state index contributed by atoms with van der Waals surface area (Å²) < 4.78 is 48.7. The summed E-state index contributed by atoms with van der Waals surface area (Å²) in [6.07, 6.45) is -2.70. The number of rotatable bonds is 5. The largest absolute Gasteiger partial charge is 0.465 e. The molecule has 1 unspecified atom stereocenters. The number of amides is 2. The van der Waals surface area contributed by atoms with Crippen molar-refractivity contribution in [2.24, 2.45) is 0 Å². The molecule has 1 aliphatic heterocycles. The lowest BCUT2D eigenvalue weighted by molar-refractivity contribution is -0.0214. The van der Waals surface area contributed by atoms with Crippen molar-refractivity contribution < 1.29 is 32.6 Å². The number of nitrogens with one attached hydrogen (secondary N) is 1. The van der Waals surface area contributed by atoms with Gasteiger partial charge in [-0.3, -0.25) is 4.79 Å². The lowest BCUT2D eigenvalue weighted by Gasteiger charge is -2.31. The Balaban J connectivity index is 1.79. The number of ether oxygens (including phenoxy) is 1. The average Bonchev–Trinajstić information content (AvgIpc) is 3.15. The van der Waals surface area contributed by atoms with Crippen molar-refractivity contribution in [3.63, 3.8) is 0 Å². The summed E-state index contributed by atoms with van der Waals surface area (Å²) in [5.74, 6) is -1.16. The molecule has 1 aromatic carbocycles. The van der Waals surface area contributed by atoms with Crippen molar-refractivity contribution in [1.29, 1.82) is 0 Å². The Morgan fingerprint density at radius 1 is 1.30 bits per heavy atom. The first-order valence-electron chi connectivity index (χ1n) is 10.2. The van der Waals surface area contributed by atoms with Gasteiger partial charge in [0.25, 0.3) is 12.3 Å². The number of hydrogen-bond donors (Lipinski definition) is 2. The number of imidazole rings is 1. The molecule has 0 bridgehead atoms. The highest BCUT2D eigenvalue weighted by atomic mass is 19.3. The first-order chi connectivity index (χ1) is 15.8. The summed E-state index contributed by atoms with van der Waals surface area (Å²) in [5, 5.41) is 11.7. The highest BCUT2D eigenvalue weighted by molar-refractivity contribution is 5.94. The van der Waals surface area contributed by atoms with Gasteiger partial charge in [0.1, 0.15) is 11.5 Å². The molecule has 1 fully saturated rings. The molecular weight excluding hydrogens is 441 g/mol. The Kier molecular flexibility index (Phi) is 6.23. The fraction of sp³-hybridized carbons (Fsp3) is 0.318. The zero-order valence-electron chi connectivity index (χ0n) is 17.6. The number of hydrogen-bond acceptors (Lipinski definition) is 4. The van der Waals surface area contributed by atoms with Crippen molar-refractivity contribution in [3.05, 3.63) is 59.2 Å². The number of alkyl halides is 2. The fourth-order valence-corrected chi connectivity index (χ4v) is 3.88. The van der Waals surface area contributed by atoms with Crippen LogP contribution in [0.5, 0.6) is 0 Å². The minimum atomic E-state index is -2.70. The second-order valence-electron chi connectivity index (χ2n) is 7.60. The monoisotopic (exact) mass is 462 g/mol. The predicted octanol–water partition coefficient (Wildman–Crippen LogP) is 3.36. The molecule has 3 aromatic rings. The third kappa shape index (κ3) is 4.49. The molecule has 174 valence electrons. The molecule has 0 saturated carbocycles. The molecule has 2 N–H and O–H groups in total. The topological polar surface area (TPSA) is 96.2 Å². The van der Waals surface area contributed by atoms with Gasteiger partial charge in [-0.2, -0.15) is 0 Å². The quantitative estimate of drug-likeness (QED) is 0.606. The van der Waals surface area contributed by atoms with Gasteiger partial charge < -0.3 is 24.5 Å². The Morgan fingerprint density at radius 3 is 2.76 bits per heavy atom. The van der Waals surface area contributed by atoms with E-state index in [0.29, 0.717) is 5.69 Å². The number of carbonyl (C=O) groups excluding carboxylic acids is 1. The summed E-state index contributed by atoms with van der Waals surface area (Å²) in [7, 11) is 1.43. The molecule has 33 heavy (non-hydrogen) atoms. The number of aromatic nitrogens is 2. The normalized spacial score (nSPS) is 16.4. The summed E-state index contributed by atoms with van der Waals surface area (Å²) in [4.78, 5) is 28.8. The highest BCUT2D eigenvalue weighted by Crippen LogP contribution is 2.31. The molecule has 2 aromatic heterocycles. The number of pyridine rings is 1. The lowest BCUT2D eigenvalue weighted by Crippen LogP contribution is -2.45. The molecule has 1 saturated heterocycles. The molecule has 3 heterocycles. The summed E-state index contributed by atoms with van der Waals surface area (Å²) >= 11 is 0. The van der Waals surface area contributed by atoms with Crippen LogP contribution in [0, 0.1) is 5.82 Å². The molecule has 4 rings (SSSR count). The number of carbonyl (C=O) groups is 2. The van der Waals surface area contributed by atoms with E-state index in [0.717, 1.165) is 6.07 Å². The van der Waals surface area contributed by atoms with Crippen molar-refractivity contribution in [3.8, 4) is 11.3 Å². The van der Waals surface area contributed by atoms with E-state index in [4.69, 9.17) is 4.74 Å². The van der Waals surface area contributed by atoms with Crippen LogP contribution in [0.1, 0.15) is 28.0 Å². The van der Waals surface area contributed by atoms with Gasteiger partial charge in [0.2, 0.25) is 0 Å². The van der Waals surface area contributed by atoms with Gasteiger partial charge >= 0.3 is 6.09 Å². The van der Waals surface area contributed by atoms with Gasteiger partial charge in [0.15, 0.2) is 0 Å². The number of halogens is 3. The Labute approximate surface area is 186 Å². The van der Waals surface area contributed by atoms with Crippen LogP contribution >= 0.6 is 0 Å². The summed E-state index contributed by atoms with van der Waals surface area (Å²) in [6.45, 7) is 0.544. The predicted molar refractivity (Wildman–Crippen MR) is 112 cm³/mol. The van der Waals surface area contributed by atoms with E-state index in [2.05, 4.69) is 10.3 Å². The second-order valence-corrected chi connectivity index (χ2v) is 7.60. The second kappa shape index (κ2) is 9.10. The molecule has 8 nitrogen and oxygen atoms in total. The number of benzene rings is 1.